The average molecular weight is 346 g/mol. The predicted octanol–water partition coefficient (Wildman–Crippen LogP) is 4.32. The van der Waals surface area contributed by atoms with Crippen molar-refractivity contribution in [2.45, 2.75) is 31.7 Å². The summed E-state index contributed by atoms with van der Waals surface area (Å²) in [6.07, 6.45) is 1.26. The highest BCUT2D eigenvalue weighted by molar-refractivity contribution is 9.10. The lowest BCUT2D eigenvalue weighted by Gasteiger charge is -2.11. The van der Waals surface area contributed by atoms with Gasteiger partial charge in [-0.15, -0.1) is 11.8 Å². The minimum Gasteiger partial charge on any atom is -0.383 e. The second-order valence-corrected chi connectivity index (χ2v) is 7.01. The van der Waals surface area contributed by atoms with E-state index in [1.807, 2.05) is 11.8 Å². The van der Waals surface area contributed by atoms with Crippen LogP contribution in [0, 0.1) is 5.92 Å². The lowest BCUT2D eigenvalue weighted by Crippen LogP contribution is -2.18. The van der Waals surface area contributed by atoms with Gasteiger partial charge in [0.2, 0.25) is 0 Å². The Hall–Kier alpha value is -0.0300. The quantitative estimate of drug-likeness (QED) is 0.531. The molecule has 0 fully saturated rings. The Morgan fingerprint density at radius 2 is 2.16 bits per heavy atom. The fourth-order valence-corrected chi connectivity index (χ4v) is 3.33. The Bertz CT molecular complexity index is 371. The van der Waals surface area contributed by atoms with Crippen molar-refractivity contribution in [3.63, 3.8) is 0 Å². The summed E-state index contributed by atoms with van der Waals surface area (Å²) in [4.78, 5) is 1.38. The molecule has 0 amide bonds. The highest BCUT2D eigenvalue weighted by atomic mass is 79.9. The zero-order valence-corrected chi connectivity index (χ0v) is 14.4. The molecule has 0 heterocycles. The van der Waals surface area contributed by atoms with Gasteiger partial charge < -0.3 is 10.1 Å². The third-order valence-corrected chi connectivity index (χ3v) is 4.42. The Labute approximate surface area is 129 Å². The number of thioether (sulfide) groups is 1. The third kappa shape index (κ3) is 7.35. The summed E-state index contributed by atoms with van der Waals surface area (Å²) >= 11 is 5.50. The van der Waals surface area contributed by atoms with E-state index in [9.17, 15) is 0 Å². The molecule has 19 heavy (non-hydrogen) atoms. The number of nitrogens with one attached hydrogen (secondary N) is 1. The lowest BCUT2D eigenvalue weighted by molar-refractivity contribution is 0.199. The van der Waals surface area contributed by atoms with Crippen molar-refractivity contribution >= 4 is 27.7 Å². The van der Waals surface area contributed by atoms with Gasteiger partial charge in [0.05, 0.1) is 6.61 Å². The van der Waals surface area contributed by atoms with Crippen LogP contribution < -0.4 is 5.32 Å². The fraction of sp³-hybridized carbons (Fsp3) is 0.600. The van der Waals surface area contributed by atoms with E-state index in [0.717, 1.165) is 30.1 Å². The van der Waals surface area contributed by atoms with Gasteiger partial charge in [0.1, 0.15) is 0 Å². The summed E-state index contributed by atoms with van der Waals surface area (Å²) < 4.78 is 6.19. The Kier molecular flexibility index (Phi) is 8.79. The largest absolute Gasteiger partial charge is 0.383 e. The number of hydrogen-bond donors (Lipinski definition) is 1. The molecule has 0 radical (unpaired) electrons. The Morgan fingerprint density at radius 1 is 1.37 bits per heavy atom. The minimum absolute atomic E-state index is 0.754. The van der Waals surface area contributed by atoms with E-state index >= 15 is 0 Å². The summed E-state index contributed by atoms with van der Waals surface area (Å²) in [6, 6.07) is 6.54. The maximum atomic E-state index is 5.05. The molecule has 0 saturated heterocycles. The first kappa shape index (κ1) is 17.0. The molecular weight excluding hydrogens is 322 g/mol. The van der Waals surface area contributed by atoms with Gasteiger partial charge in [0, 0.05) is 29.6 Å². The van der Waals surface area contributed by atoms with Crippen molar-refractivity contribution in [1.82, 2.24) is 5.32 Å². The van der Waals surface area contributed by atoms with E-state index in [4.69, 9.17) is 4.74 Å². The molecule has 4 heteroatoms. The Morgan fingerprint density at radius 3 is 2.84 bits per heavy atom. The van der Waals surface area contributed by atoms with Gasteiger partial charge in [0.25, 0.3) is 0 Å². The minimum atomic E-state index is 0.754. The van der Waals surface area contributed by atoms with E-state index in [-0.39, 0.29) is 0 Å². The molecule has 2 nitrogen and oxygen atoms in total. The molecule has 1 rings (SSSR count). The molecule has 0 aliphatic heterocycles. The molecule has 1 aromatic rings. The summed E-state index contributed by atoms with van der Waals surface area (Å²) in [5.41, 5.74) is 1.36. The van der Waals surface area contributed by atoms with Crippen LogP contribution in [0.5, 0.6) is 0 Å². The van der Waals surface area contributed by atoms with Gasteiger partial charge in [-0.1, -0.05) is 29.8 Å². The molecule has 0 aliphatic carbocycles. The number of rotatable bonds is 9. The number of ether oxygens (including phenoxy) is 1. The van der Waals surface area contributed by atoms with Crippen LogP contribution in [0.1, 0.15) is 25.8 Å². The molecule has 1 aromatic carbocycles. The molecule has 1 N–H and O–H groups in total. The highest BCUT2D eigenvalue weighted by Crippen LogP contribution is 2.27. The van der Waals surface area contributed by atoms with Crippen LogP contribution >= 0.6 is 27.7 Å². The van der Waals surface area contributed by atoms with Crippen molar-refractivity contribution in [3.8, 4) is 0 Å². The molecule has 0 atom stereocenters. The van der Waals surface area contributed by atoms with E-state index in [0.29, 0.717) is 0 Å². The third-order valence-electron chi connectivity index (χ3n) is 2.77. The van der Waals surface area contributed by atoms with Gasteiger partial charge in [-0.25, -0.2) is 0 Å². The zero-order valence-electron chi connectivity index (χ0n) is 12.0. The number of methoxy groups -OCH3 is 1. The first-order valence-corrected chi connectivity index (χ1v) is 8.52. The van der Waals surface area contributed by atoms with Crippen LogP contribution in [0.25, 0.3) is 0 Å². The monoisotopic (exact) mass is 345 g/mol. The van der Waals surface area contributed by atoms with Crippen LogP contribution in [0.4, 0.5) is 0 Å². The van der Waals surface area contributed by atoms with E-state index < -0.39 is 0 Å². The second-order valence-electron chi connectivity index (χ2n) is 4.95. The first-order valence-electron chi connectivity index (χ1n) is 6.74. The molecule has 0 unspecified atom stereocenters. The maximum absolute atomic E-state index is 5.05. The fourth-order valence-electron chi connectivity index (χ4n) is 1.63. The van der Waals surface area contributed by atoms with Crippen LogP contribution in [-0.2, 0) is 11.3 Å². The Balaban J connectivity index is 2.53. The van der Waals surface area contributed by atoms with Gasteiger partial charge in [-0.05, 0) is 41.9 Å². The molecule has 0 saturated carbocycles. The summed E-state index contributed by atoms with van der Waals surface area (Å²) in [7, 11) is 1.73. The number of hydrogen-bond acceptors (Lipinski definition) is 3. The van der Waals surface area contributed by atoms with Crippen molar-refractivity contribution in [2.75, 3.05) is 26.0 Å². The van der Waals surface area contributed by atoms with Gasteiger partial charge in [0.15, 0.2) is 0 Å². The van der Waals surface area contributed by atoms with Crippen molar-refractivity contribution in [1.29, 1.82) is 0 Å². The summed E-state index contributed by atoms with van der Waals surface area (Å²) in [5, 5.41) is 3.41. The smallest absolute Gasteiger partial charge is 0.0587 e. The molecule has 108 valence electrons. The highest BCUT2D eigenvalue weighted by Gasteiger charge is 2.05. The molecule has 0 aromatic heterocycles. The zero-order chi connectivity index (χ0) is 14.1. The predicted molar refractivity (Wildman–Crippen MR) is 87.9 cm³/mol. The van der Waals surface area contributed by atoms with E-state index in [2.05, 4.69) is 53.3 Å². The first-order chi connectivity index (χ1) is 9.13. The number of benzene rings is 1. The van der Waals surface area contributed by atoms with Crippen LogP contribution in [0.2, 0.25) is 0 Å². The standard InChI is InChI=1S/C15H24BrNOS/c1-12(2)6-9-19-15-5-4-14(16)10-13(15)11-17-7-8-18-3/h4-5,10,12,17H,6-9,11H2,1-3H3. The van der Waals surface area contributed by atoms with Gasteiger partial charge in [-0.3, -0.25) is 0 Å². The van der Waals surface area contributed by atoms with E-state index in [1.54, 1.807) is 7.11 Å². The van der Waals surface area contributed by atoms with Crippen LogP contribution in [-0.4, -0.2) is 26.0 Å². The van der Waals surface area contributed by atoms with E-state index in [1.165, 1.54) is 22.6 Å². The molecule has 0 spiro atoms. The lowest BCUT2D eigenvalue weighted by atomic mass is 10.2. The topological polar surface area (TPSA) is 21.3 Å². The van der Waals surface area contributed by atoms with Gasteiger partial charge >= 0.3 is 0 Å². The van der Waals surface area contributed by atoms with Crippen molar-refractivity contribution in [3.05, 3.63) is 28.2 Å². The maximum Gasteiger partial charge on any atom is 0.0587 e. The second kappa shape index (κ2) is 9.81. The van der Waals surface area contributed by atoms with Crippen molar-refractivity contribution in [2.24, 2.45) is 5.92 Å². The summed E-state index contributed by atoms with van der Waals surface area (Å²) in [5.74, 6) is 1.95. The van der Waals surface area contributed by atoms with Crippen molar-refractivity contribution < 1.29 is 4.74 Å². The molecular formula is C15H24BrNOS. The van der Waals surface area contributed by atoms with Gasteiger partial charge in [-0.2, -0.15) is 0 Å². The molecule has 0 aliphatic rings. The van der Waals surface area contributed by atoms with Crippen LogP contribution in [0.3, 0.4) is 0 Å². The van der Waals surface area contributed by atoms with Crippen LogP contribution in [0.15, 0.2) is 27.6 Å². The molecule has 0 bridgehead atoms. The summed E-state index contributed by atoms with van der Waals surface area (Å²) in [6.45, 7) is 7.08. The average Bonchev–Trinajstić information content (AvgIpc) is 2.36. The normalized spacial score (nSPS) is 11.2. The number of halogens is 1. The SMILES string of the molecule is COCCNCc1cc(Br)ccc1SCCC(C)C.